The third-order valence-electron chi connectivity index (χ3n) is 3.73. The normalized spacial score (nSPS) is 19.2. The van der Waals surface area contributed by atoms with Crippen molar-refractivity contribution in [3.05, 3.63) is 29.3 Å². The van der Waals surface area contributed by atoms with Crippen LogP contribution in [0.2, 0.25) is 0 Å². The van der Waals surface area contributed by atoms with Crippen LogP contribution >= 0.6 is 0 Å². The zero-order valence-corrected chi connectivity index (χ0v) is 11.6. The molecule has 1 aromatic carbocycles. The Morgan fingerprint density at radius 2 is 2.14 bits per heavy atom. The Hall–Kier alpha value is -2.03. The van der Waals surface area contributed by atoms with Gasteiger partial charge in [0.2, 0.25) is 0 Å². The summed E-state index contributed by atoms with van der Waals surface area (Å²) in [7, 11) is 0. The lowest BCUT2D eigenvalue weighted by Crippen LogP contribution is -2.42. The van der Waals surface area contributed by atoms with Crippen molar-refractivity contribution in [2.75, 3.05) is 18.0 Å². The molecule has 0 amide bonds. The van der Waals surface area contributed by atoms with E-state index in [-0.39, 0.29) is 18.7 Å². The highest BCUT2D eigenvalue weighted by Gasteiger charge is 2.42. The molecule has 3 nitrogen and oxygen atoms in total. The van der Waals surface area contributed by atoms with Crippen molar-refractivity contribution in [1.82, 2.24) is 0 Å². The van der Waals surface area contributed by atoms with Gasteiger partial charge in [-0.25, -0.2) is 0 Å². The van der Waals surface area contributed by atoms with Crippen LogP contribution in [0.5, 0.6) is 0 Å². The van der Waals surface area contributed by atoms with Gasteiger partial charge in [-0.1, -0.05) is 0 Å². The zero-order valence-electron chi connectivity index (χ0n) is 11.6. The van der Waals surface area contributed by atoms with E-state index >= 15 is 0 Å². The Morgan fingerprint density at radius 1 is 1.43 bits per heavy atom. The van der Waals surface area contributed by atoms with E-state index in [2.05, 4.69) is 0 Å². The number of alkyl halides is 3. The Kier molecular flexibility index (Phi) is 4.21. The molecule has 1 unspecified atom stereocenters. The predicted molar refractivity (Wildman–Crippen MR) is 72.2 cm³/mol. The molecule has 6 heteroatoms. The molecule has 0 radical (unpaired) electrons. The van der Waals surface area contributed by atoms with Crippen LogP contribution < -0.4 is 4.90 Å². The summed E-state index contributed by atoms with van der Waals surface area (Å²) in [4.78, 5) is 13.2. The smallest absolute Gasteiger partial charge is 0.370 e. The van der Waals surface area contributed by atoms with Crippen molar-refractivity contribution in [1.29, 1.82) is 5.26 Å². The van der Waals surface area contributed by atoms with Crippen LogP contribution in [0.15, 0.2) is 18.2 Å². The van der Waals surface area contributed by atoms with E-state index in [4.69, 9.17) is 5.26 Å². The molecule has 1 fully saturated rings. The summed E-state index contributed by atoms with van der Waals surface area (Å²) in [6.45, 7) is 1.66. The summed E-state index contributed by atoms with van der Waals surface area (Å²) < 4.78 is 38.7. The number of carbonyl (C=O) groups is 1. The minimum Gasteiger partial charge on any atom is -0.370 e. The fraction of sp³-hybridized carbons (Fsp3) is 0.467. The third kappa shape index (κ3) is 3.35. The summed E-state index contributed by atoms with van der Waals surface area (Å²) in [5, 5.41) is 8.94. The summed E-state index contributed by atoms with van der Waals surface area (Å²) in [5.41, 5.74) is 1.12. The molecule has 0 saturated carbocycles. The van der Waals surface area contributed by atoms with Crippen LogP contribution in [0.1, 0.15) is 35.7 Å². The highest BCUT2D eigenvalue weighted by Crippen LogP contribution is 2.36. The minimum atomic E-state index is -4.23. The largest absolute Gasteiger partial charge is 0.393 e. The first-order valence-electron chi connectivity index (χ1n) is 6.69. The van der Waals surface area contributed by atoms with Gasteiger partial charge in [0.15, 0.2) is 5.78 Å². The van der Waals surface area contributed by atoms with E-state index in [0.717, 1.165) is 0 Å². The Bertz CT molecular complexity index is 590. The van der Waals surface area contributed by atoms with Crippen molar-refractivity contribution in [2.45, 2.75) is 25.9 Å². The minimum absolute atomic E-state index is 0.105. The number of hydrogen-bond acceptors (Lipinski definition) is 3. The van der Waals surface area contributed by atoms with Crippen molar-refractivity contribution >= 4 is 11.5 Å². The molecule has 0 bridgehead atoms. The molecule has 0 aliphatic carbocycles. The molecule has 0 N–H and O–H groups in total. The Labute approximate surface area is 121 Å². The first-order valence-corrected chi connectivity index (χ1v) is 6.69. The summed E-state index contributed by atoms with van der Waals surface area (Å²) in [6, 6.07) is 6.46. The van der Waals surface area contributed by atoms with Crippen LogP contribution in [-0.2, 0) is 0 Å². The average Bonchev–Trinajstić information content (AvgIpc) is 2.45. The van der Waals surface area contributed by atoms with Gasteiger partial charge in [0, 0.05) is 24.3 Å². The topological polar surface area (TPSA) is 44.1 Å². The third-order valence-corrected chi connectivity index (χ3v) is 3.73. The van der Waals surface area contributed by atoms with Crippen LogP contribution in [0.25, 0.3) is 0 Å². The number of hydrogen-bond donors (Lipinski definition) is 0. The number of carbonyl (C=O) groups excluding carboxylic acids is 1. The lowest BCUT2D eigenvalue weighted by molar-refractivity contribution is -0.175. The molecular formula is C15H15F3N2O. The van der Waals surface area contributed by atoms with Gasteiger partial charge >= 0.3 is 6.18 Å². The Balaban J connectivity index is 2.36. The lowest BCUT2D eigenvalue weighted by Gasteiger charge is -2.36. The van der Waals surface area contributed by atoms with E-state index in [1.165, 1.54) is 25.1 Å². The maximum Gasteiger partial charge on any atom is 0.393 e. The predicted octanol–water partition coefficient (Wildman–Crippen LogP) is 3.54. The maximum atomic E-state index is 12.9. The number of rotatable bonds is 2. The number of halogens is 3. The molecule has 0 aromatic heterocycles. The highest BCUT2D eigenvalue weighted by molar-refractivity contribution is 6.00. The van der Waals surface area contributed by atoms with Crippen LogP contribution in [0, 0.1) is 17.2 Å². The van der Waals surface area contributed by atoms with Crippen molar-refractivity contribution < 1.29 is 18.0 Å². The number of nitriles is 1. The summed E-state index contributed by atoms with van der Waals surface area (Å²) >= 11 is 0. The molecule has 1 atom stereocenters. The number of ketones is 1. The molecule has 112 valence electrons. The fourth-order valence-electron chi connectivity index (χ4n) is 2.62. The van der Waals surface area contributed by atoms with E-state index in [0.29, 0.717) is 29.8 Å². The fourth-order valence-corrected chi connectivity index (χ4v) is 2.62. The van der Waals surface area contributed by atoms with Crippen molar-refractivity contribution in [2.24, 2.45) is 5.92 Å². The maximum absolute atomic E-state index is 12.9. The molecule has 0 spiro atoms. The molecule has 21 heavy (non-hydrogen) atoms. The van der Waals surface area contributed by atoms with Gasteiger partial charge in [0.25, 0.3) is 0 Å². The van der Waals surface area contributed by atoms with E-state index in [1.807, 2.05) is 6.07 Å². The molecule has 1 aliphatic rings. The van der Waals surface area contributed by atoms with Gasteiger partial charge in [-0.15, -0.1) is 0 Å². The SMILES string of the molecule is CC(=O)c1ccc(C#N)cc1N1CCCC(C(F)(F)F)C1. The molecule has 1 saturated heterocycles. The second-order valence-electron chi connectivity index (χ2n) is 5.23. The van der Waals surface area contributed by atoms with Crippen LogP contribution in [0.3, 0.4) is 0 Å². The van der Waals surface area contributed by atoms with Gasteiger partial charge in [-0.2, -0.15) is 18.4 Å². The average molecular weight is 296 g/mol. The highest BCUT2D eigenvalue weighted by atomic mass is 19.4. The number of benzene rings is 1. The summed E-state index contributed by atoms with van der Waals surface area (Å²) in [6.07, 6.45) is -3.71. The summed E-state index contributed by atoms with van der Waals surface area (Å²) in [5.74, 6) is -1.61. The molecule has 2 rings (SSSR count). The number of anilines is 1. The van der Waals surface area contributed by atoms with Gasteiger partial charge in [0.05, 0.1) is 17.6 Å². The van der Waals surface area contributed by atoms with Crippen LogP contribution in [-0.4, -0.2) is 25.0 Å². The van der Waals surface area contributed by atoms with Gasteiger partial charge in [-0.05, 0) is 38.0 Å². The number of nitrogens with zero attached hydrogens (tertiary/aromatic N) is 2. The molecule has 1 aliphatic heterocycles. The second-order valence-corrected chi connectivity index (χ2v) is 5.23. The lowest BCUT2D eigenvalue weighted by atomic mass is 9.95. The standard InChI is InChI=1S/C15H15F3N2O/c1-10(21)13-5-4-11(8-19)7-14(13)20-6-2-3-12(9-20)15(16,17)18/h4-5,7,12H,2-3,6,9H2,1H3. The van der Waals surface area contributed by atoms with Gasteiger partial charge in [0.1, 0.15) is 0 Å². The monoisotopic (exact) mass is 296 g/mol. The second kappa shape index (κ2) is 5.76. The van der Waals surface area contributed by atoms with E-state index in [1.54, 1.807) is 4.90 Å². The first-order chi connectivity index (χ1) is 9.82. The number of Topliss-reactive ketones (excluding diaryl/α,β-unsaturated/α-hetero) is 1. The molecular weight excluding hydrogens is 281 g/mol. The van der Waals surface area contributed by atoms with E-state index < -0.39 is 12.1 Å². The van der Waals surface area contributed by atoms with Crippen molar-refractivity contribution in [3.8, 4) is 6.07 Å². The van der Waals surface area contributed by atoms with Crippen LogP contribution in [0.4, 0.5) is 18.9 Å². The number of piperidine rings is 1. The van der Waals surface area contributed by atoms with Crippen molar-refractivity contribution in [3.63, 3.8) is 0 Å². The molecule has 1 heterocycles. The zero-order chi connectivity index (χ0) is 15.6. The quantitative estimate of drug-likeness (QED) is 0.784. The van der Waals surface area contributed by atoms with E-state index in [9.17, 15) is 18.0 Å². The van der Waals surface area contributed by atoms with Gasteiger partial charge in [-0.3, -0.25) is 4.79 Å². The molecule has 1 aromatic rings. The van der Waals surface area contributed by atoms with Gasteiger partial charge < -0.3 is 4.90 Å². The first kappa shape index (κ1) is 15.4. The Morgan fingerprint density at radius 3 is 2.71 bits per heavy atom.